The number of piperazine rings is 1. The van der Waals surface area contributed by atoms with Crippen molar-refractivity contribution >= 4 is 17.7 Å². The van der Waals surface area contributed by atoms with E-state index in [2.05, 4.69) is 22.2 Å². The summed E-state index contributed by atoms with van der Waals surface area (Å²) in [5.74, 6) is -0.670. The number of nitrogens with one attached hydrogen (secondary N) is 1. The summed E-state index contributed by atoms with van der Waals surface area (Å²) in [4.78, 5) is 44.6. The molecule has 2 aromatic rings. The molecule has 1 saturated heterocycles. The molecule has 2 aliphatic rings. The van der Waals surface area contributed by atoms with E-state index in [-0.39, 0.29) is 17.5 Å². The van der Waals surface area contributed by atoms with Crippen molar-refractivity contribution in [1.82, 2.24) is 29.8 Å². The molecule has 1 aromatic heterocycles. The second-order valence-electron chi connectivity index (χ2n) is 8.66. The van der Waals surface area contributed by atoms with Crippen LogP contribution in [0, 0.1) is 0 Å². The van der Waals surface area contributed by atoms with E-state index < -0.39 is 11.9 Å². The largest absolute Gasteiger partial charge is 0.339 e. The fourth-order valence-corrected chi connectivity index (χ4v) is 4.39. The third-order valence-electron chi connectivity index (χ3n) is 6.38. The number of amides is 3. The molecule has 9 nitrogen and oxygen atoms in total. The Balaban J connectivity index is 1.40. The smallest absolute Gasteiger partial charge is 0.272 e. The molecule has 0 aliphatic carbocycles. The Morgan fingerprint density at radius 3 is 2.48 bits per heavy atom. The highest BCUT2D eigenvalue weighted by Crippen LogP contribution is 2.17. The molecular weight excluding hydrogens is 420 g/mol. The lowest BCUT2D eigenvalue weighted by Gasteiger charge is -2.35. The standard InChI is InChI=1S/C24H32N6O3/c1-3-27-12-14-28(15-13-27)23(32)18(2)25-22(31)20-16-21-24(33)29(10-7-11-30(21)26-20)17-19-8-5-4-6-9-19/h4-6,8-9,16,18H,3,7,10-15,17H2,1-2H3,(H,25,31)/t18-/m1/s1. The molecule has 0 radical (unpaired) electrons. The highest BCUT2D eigenvalue weighted by molar-refractivity contribution is 5.99. The van der Waals surface area contributed by atoms with Crippen LogP contribution in [0.3, 0.4) is 0 Å². The maximum Gasteiger partial charge on any atom is 0.272 e. The summed E-state index contributed by atoms with van der Waals surface area (Å²) in [5, 5.41) is 7.14. The molecule has 1 fully saturated rings. The highest BCUT2D eigenvalue weighted by atomic mass is 16.2. The van der Waals surface area contributed by atoms with Crippen LogP contribution in [0.4, 0.5) is 0 Å². The van der Waals surface area contributed by atoms with Crippen molar-refractivity contribution in [2.75, 3.05) is 39.3 Å². The van der Waals surface area contributed by atoms with Gasteiger partial charge in [-0.05, 0) is 25.5 Å². The van der Waals surface area contributed by atoms with Gasteiger partial charge in [0.25, 0.3) is 11.8 Å². The zero-order chi connectivity index (χ0) is 23.4. The van der Waals surface area contributed by atoms with Crippen LogP contribution >= 0.6 is 0 Å². The molecular formula is C24H32N6O3. The fraction of sp³-hybridized carbons (Fsp3) is 0.500. The number of aromatic nitrogens is 2. The quantitative estimate of drug-likeness (QED) is 0.712. The molecule has 1 atom stereocenters. The third kappa shape index (κ3) is 5.24. The number of nitrogens with zero attached hydrogens (tertiary/aromatic N) is 5. The number of hydrogen-bond donors (Lipinski definition) is 1. The van der Waals surface area contributed by atoms with Crippen LogP contribution < -0.4 is 5.32 Å². The lowest BCUT2D eigenvalue weighted by molar-refractivity contribution is -0.134. The molecule has 176 valence electrons. The van der Waals surface area contributed by atoms with Gasteiger partial charge in [-0.1, -0.05) is 37.3 Å². The van der Waals surface area contributed by atoms with Crippen LogP contribution in [-0.4, -0.2) is 87.5 Å². The number of likely N-dealkylation sites (N-methyl/N-ethyl adjacent to an activating group) is 1. The van der Waals surface area contributed by atoms with Gasteiger partial charge in [0.15, 0.2) is 5.69 Å². The van der Waals surface area contributed by atoms with Crippen LogP contribution in [0.15, 0.2) is 36.4 Å². The molecule has 3 heterocycles. The van der Waals surface area contributed by atoms with Crippen molar-refractivity contribution in [3.05, 3.63) is 53.3 Å². The summed E-state index contributed by atoms with van der Waals surface area (Å²) in [5.41, 5.74) is 1.63. The van der Waals surface area contributed by atoms with Crippen LogP contribution in [0.1, 0.15) is 46.8 Å². The van der Waals surface area contributed by atoms with Crippen molar-refractivity contribution in [3.63, 3.8) is 0 Å². The molecule has 1 aromatic carbocycles. The molecule has 4 rings (SSSR count). The lowest BCUT2D eigenvalue weighted by atomic mass is 10.2. The summed E-state index contributed by atoms with van der Waals surface area (Å²) < 4.78 is 1.61. The van der Waals surface area contributed by atoms with Crippen molar-refractivity contribution in [3.8, 4) is 0 Å². The maximum absolute atomic E-state index is 13.1. The van der Waals surface area contributed by atoms with Crippen LogP contribution in [-0.2, 0) is 17.9 Å². The number of rotatable bonds is 6. The molecule has 33 heavy (non-hydrogen) atoms. The summed E-state index contributed by atoms with van der Waals surface area (Å²) in [6.45, 7) is 9.51. The molecule has 0 bridgehead atoms. The van der Waals surface area contributed by atoms with Gasteiger partial charge < -0.3 is 20.0 Å². The van der Waals surface area contributed by atoms with Gasteiger partial charge in [-0.25, -0.2) is 0 Å². The van der Waals surface area contributed by atoms with Crippen molar-refractivity contribution in [2.24, 2.45) is 0 Å². The minimum absolute atomic E-state index is 0.0926. The summed E-state index contributed by atoms with van der Waals surface area (Å²) in [7, 11) is 0. The molecule has 9 heteroatoms. The average Bonchev–Trinajstić information content (AvgIpc) is 3.21. The van der Waals surface area contributed by atoms with E-state index in [0.717, 1.165) is 31.6 Å². The minimum Gasteiger partial charge on any atom is -0.339 e. The Hall–Kier alpha value is -3.20. The van der Waals surface area contributed by atoms with Crippen LogP contribution in [0.2, 0.25) is 0 Å². The first-order chi connectivity index (χ1) is 16.0. The van der Waals surface area contributed by atoms with Gasteiger partial charge in [0.1, 0.15) is 11.7 Å². The number of aryl methyl sites for hydroxylation is 1. The maximum atomic E-state index is 13.1. The van der Waals surface area contributed by atoms with E-state index in [4.69, 9.17) is 0 Å². The fourth-order valence-electron chi connectivity index (χ4n) is 4.39. The van der Waals surface area contributed by atoms with Crippen LogP contribution in [0.5, 0.6) is 0 Å². The predicted octanol–water partition coefficient (Wildman–Crippen LogP) is 1.21. The SMILES string of the molecule is CCN1CCN(C(=O)[C@@H](C)NC(=O)c2cc3n(n2)CCCN(Cc2ccccc2)C3=O)CC1. The first kappa shape index (κ1) is 23.0. The topological polar surface area (TPSA) is 90.8 Å². The van der Waals surface area contributed by atoms with Gasteiger partial charge in [0.2, 0.25) is 5.91 Å². The van der Waals surface area contributed by atoms with E-state index in [0.29, 0.717) is 38.4 Å². The van der Waals surface area contributed by atoms with Gasteiger partial charge in [-0.3, -0.25) is 19.1 Å². The Labute approximate surface area is 194 Å². The summed E-state index contributed by atoms with van der Waals surface area (Å²) in [6.07, 6.45) is 0.757. The van der Waals surface area contributed by atoms with Gasteiger partial charge >= 0.3 is 0 Å². The molecule has 0 unspecified atom stereocenters. The molecule has 3 amide bonds. The Morgan fingerprint density at radius 1 is 1.06 bits per heavy atom. The first-order valence-corrected chi connectivity index (χ1v) is 11.7. The average molecular weight is 453 g/mol. The second-order valence-corrected chi connectivity index (χ2v) is 8.66. The lowest BCUT2D eigenvalue weighted by Crippen LogP contribution is -2.54. The van der Waals surface area contributed by atoms with E-state index in [1.54, 1.807) is 21.4 Å². The molecule has 0 saturated carbocycles. The molecule has 1 N–H and O–H groups in total. The number of carbonyl (C=O) groups is 3. The molecule has 2 aliphatic heterocycles. The monoisotopic (exact) mass is 452 g/mol. The van der Waals surface area contributed by atoms with Crippen molar-refractivity contribution < 1.29 is 14.4 Å². The Bertz CT molecular complexity index is 997. The zero-order valence-corrected chi connectivity index (χ0v) is 19.4. The second kappa shape index (κ2) is 10.2. The third-order valence-corrected chi connectivity index (χ3v) is 6.38. The number of hydrogen-bond acceptors (Lipinski definition) is 5. The zero-order valence-electron chi connectivity index (χ0n) is 19.4. The summed E-state index contributed by atoms with van der Waals surface area (Å²) >= 11 is 0. The Morgan fingerprint density at radius 2 is 1.79 bits per heavy atom. The van der Waals surface area contributed by atoms with E-state index in [1.807, 2.05) is 30.3 Å². The number of fused-ring (bicyclic) bond motifs is 1. The van der Waals surface area contributed by atoms with Gasteiger partial charge in [0, 0.05) is 51.9 Å². The minimum atomic E-state index is -0.655. The Kier molecular flexibility index (Phi) is 7.08. The van der Waals surface area contributed by atoms with Gasteiger partial charge in [-0.15, -0.1) is 0 Å². The van der Waals surface area contributed by atoms with Gasteiger partial charge in [0.05, 0.1) is 0 Å². The van der Waals surface area contributed by atoms with E-state index in [9.17, 15) is 14.4 Å². The number of carbonyl (C=O) groups excluding carboxylic acids is 3. The van der Waals surface area contributed by atoms with E-state index >= 15 is 0 Å². The van der Waals surface area contributed by atoms with E-state index in [1.165, 1.54) is 6.07 Å². The van der Waals surface area contributed by atoms with Crippen molar-refractivity contribution in [1.29, 1.82) is 0 Å². The normalized spacial score (nSPS) is 17.9. The highest BCUT2D eigenvalue weighted by Gasteiger charge is 2.29. The van der Waals surface area contributed by atoms with Gasteiger partial charge in [-0.2, -0.15) is 5.10 Å². The molecule has 0 spiro atoms. The van der Waals surface area contributed by atoms with Crippen LogP contribution in [0.25, 0.3) is 0 Å². The number of benzene rings is 1. The van der Waals surface area contributed by atoms with Crippen molar-refractivity contribution in [2.45, 2.75) is 39.4 Å². The predicted molar refractivity (Wildman–Crippen MR) is 124 cm³/mol. The summed E-state index contributed by atoms with van der Waals surface area (Å²) in [6, 6.07) is 10.7. The first-order valence-electron chi connectivity index (χ1n) is 11.7.